The number of carbonyl (C=O) groups excluding carboxylic acids is 1. The van der Waals surface area contributed by atoms with Gasteiger partial charge in [0.1, 0.15) is 5.76 Å². The number of halogens is 2. The van der Waals surface area contributed by atoms with Gasteiger partial charge >= 0.3 is 0 Å². The number of benzene rings is 1. The second-order valence-electron chi connectivity index (χ2n) is 6.42. The first kappa shape index (κ1) is 15.5. The van der Waals surface area contributed by atoms with E-state index in [2.05, 4.69) is 10.4 Å². The quantitative estimate of drug-likeness (QED) is 0.872. The summed E-state index contributed by atoms with van der Waals surface area (Å²) in [5.74, 6) is 0.0258. The summed E-state index contributed by atoms with van der Waals surface area (Å²) in [7, 11) is 0. The van der Waals surface area contributed by atoms with Gasteiger partial charge in [0.25, 0.3) is 5.91 Å². The summed E-state index contributed by atoms with van der Waals surface area (Å²) in [5, 5.41) is 18.7. The summed E-state index contributed by atoms with van der Waals surface area (Å²) < 4.78 is 1.59. The van der Waals surface area contributed by atoms with Gasteiger partial charge in [0.05, 0.1) is 28.0 Å². The predicted molar refractivity (Wildman–Crippen MR) is 92.4 cm³/mol. The molecule has 1 aliphatic carbocycles. The molecule has 1 unspecified atom stereocenters. The summed E-state index contributed by atoms with van der Waals surface area (Å²) >= 11 is 12.2. The Morgan fingerprint density at radius 3 is 2.75 bits per heavy atom. The van der Waals surface area contributed by atoms with Crippen LogP contribution in [0, 0.1) is 5.92 Å². The SMILES string of the molecule is CC1(C2CC2)NC(=O)C(c2cc(-n3cc(Cl)cn3)ccc2Cl)=C1O. The highest BCUT2D eigenvalue weighted by Crippen LogP contribution is 2.48. The molecule has 1 aliphatic heterocycles. The molecule has 2 heterocycles. The van der Waals surface area contributed by atoms with Crippen molar-refractivity contribution in [3.63, 3.8) is 0 Å². The molecule has 7 heteroatoms. The lowest BCUT2D eigenvalue weighted by Crippen LogP contribution is -2.43. The maximum Gasteiger partial charge on any atom is 0.256 e. The van der Waals surface area contributed by atoms with Crippen LogP contribution >= 0.6 is 23.2 Å². The van der Waals surface area contributed by atoms with Crippen LogP contribution in [-0.2, 0) is 4.79 Å². The Labute approximate surface area is 148 Å². The van der Waals surface area contributed by atoms with Crippen LogP contribution in [0.3, 0.4) is 0 Å². The topological polar surface area (TPSA) is 67.2 Å². The van der Waals surface area contributed by atoms with Gasteiger partial charge in [-0.25, -0.2) is 4.68 Å². The lowest BCUT2D eigenvalue weighted by molar-refractivity contribution is -0.116. The van der Waals surface area contributed by atoms with Crippen LogP contribution in [0.4, 0.5) is 0 Å². The van der Waals surface area contributed by atoms with Gasteiger partial charge in [0.15, 0.2) is 0 Å². The van der Waals surface area contributed by atoms with Crippen molar-refractivity contribution in [2.45, 2.75) is 25.3 Å². The molecule has 1 amide bonds. The molecule has 24 heavy (non-hydrogen) atoms. The van der Waals surface area contributed by atoms with Crippen molar-refractivity contribution in [1.82, 2.24) is 15.1 Å². The average molecular weight is 364 g/mol. The molecule has 1 saturated carbocycles. The van der Waals surface area contributed by atoms with Crippen molar-refractivity contribution >= 4 is 34.7 Å². The number of amides is 1. The third-order valence-corrected chi connectivity index (χ3v) is 5.28. The highest BCUT2D eigenvalue weighted by Gasteiger charge is 2.52. The van der Waals surface area contributed by atoms with Gasteiger partial charge in [-0.1, -0.05) is 23.2 Å². The molecule has 2 aromatic rings. The number of aliphatic hydroxyl groups is 1. The smallest absolute Gasteiger partial charge is 0.256 e. The van der Waals surface area contributed by atoms with E-state index in [0.29, 0.717) is 21.3 Å². The first-order valence-corrected chi connectivity index (χ1v) is 8.42. The van der Waals surface area contributed by atoms with Gasteiger partial charge in [0.2, 0.25) is 0 Å². The first-order valence-electron chi connectivity index (χ1n) is 7.67. The molecule has 2 N–H and O–H groups in total. The van der Waals surface area contributed by atoms with E-state index in [1.165, 1.54) is 6.20 Å². The zero-order chi connectivity index (χ0) is 17.1. The molecular weight excluding hydrogens is 349 g/mol. The van der Waals surface area contributed by atoms with E-state index in [9.17, 15) is 9.90 Å². The molecule has 0 saturated heterocycles. The highest BCUT2D eigenvalue weighted by molar-refractivity contribution is 6.35. The number of aromatic nitrogens is 2. The van der Waals surface area contributed by atoms with Gasteiger partial charge < -0.3 is 10.4 Å². The van der Waals surface area contributed by atoms with Crippen LogP contribution in [0.2, 0.25) is 10.0 Å². The fourth-order valence-electron chi connectivity index (χ4n) is 3.22. The molecule has 0 spiro atoms. The van der Waals surface area contributed by atoms with Crippen LogP contribution in [0.25, 0.3) is 11.3 Å². The summed E-state index contributed by atoms with van der Waals surface area (Å²) in [6.07, 6.45) is 5.17. The Morgan fingerprint density at radius 1 is 1.38 bits per heavy atom. The lowest BCUT2D eigenvalue weighted by atomic mass is 9.92. The van der Waals surface area contributed by atoms with Crippen LogP contribution in [-0.4, -0.2) is 26.3 Å². The summed E-state index contributed by atoms with van der Waals surface area (Å²) in [4.78, 5) is 12.5. The normalized spacial score (nSPS) is 23.7. The molecule has 2 aliphatic rings. The van der Waals surface area contributed by atoms with E-state index in [4.69, 9.17) is 23.2 Å². The highest BCUT2D eigenvalue weighted by atomic mass is 35.5. The molecule has 0 radical (unpaired) electrons. The van der Waals surface area contributed by atoms with Gasteiger partial charge in [0, 0.05) is 16.8 Å². The van der Waals surface area contributed by atoms with Gasteiger partial charge in [-0.2, -0.15) is 5.10 Å². The van der Waals surface area contributed by atoms with E-state index in [1.54, 1.807) is 29.1 Å². The van der Waals surface area contributed by atoms with Gasteiger partial charge in [-0.15, -0.1) is 0 Å². The number of nitrogens with zero attached hydrogens (tertiary/aromatic N) is 2. The Hall–Kier alpha value is -1.98. The minimum Gasteiger partial charge on any atom is -0.509 e. The van der Waals surface area contributed by atoms with Crippen molar-refractivity contribution < 1.29 is 9.90 Å². The standard InChI is InChI=1S/C17H15Cl2N3O2/c1-17(9-2-3-9)15(23)14(16(24)21-17)12-6-11(4-5-13(12)19)22-8-10(18)7-20-22/h4-9,23H,2-3H2,1H3,(H,21,24). The minimum absolute atomic E-state index is 0.0625. The third-order valence-electron chi connectivity index (χ3n) is 4.76. The van der Waals surface area contributed by atoms with Crippen molar-refractivity contribution in [2.75, 3.05) is 0 Å². The summed E-state index contributed by atoms with van der Waals surface area (Å²) in [6, 6.07) is 5.19. The van der Waals surface area contributed by atoms with Gasteiger partial charge in [-0.3, -0.25) is 4.79 Å². The molecule has 4 rings (SSSR count). The largest absolute Gasteiger partial charge is 0.509 e. The van der Waals surface area contributed by atoms with Crippen LogP contribution in [0.15, 0.2) is 36.4 Å². The fourth-order valence-corrected chi connectivity index (χ4v) is 3.57. The number of hydrogen-bond donors (Lipinski definition) is 2. The fraction of sp³-hybridized carbons (Fsp3) is 0.294. The Balaban J connectivity index is 1.84. The Morgan fingerprint density at radius 2 is 2.12 bits per heavy atom. The van der Waals surface area contributed by atoms with Gasteiger partial charge in [-0.05, 0) is 43.9 Å². The van der Waals surface area contributed by atoms with E-state index in [0.717, 1.165) is 12.8 Å². The van der Waals surface area contributed by atoms with E-state index >= 15 is 0 Å². The van der Waals surface area contributed by atoms with Crippen LogP contribution < -0.4 is 5.32 Å². The molecule has 1 aromatic heterocycles. The third kappa shape index (κ3) is 2.31. The zero-order valence-corrected chi connectivity index (χ0v) is 14.4. The van der Waals surface area contributed by atoms with Crippen molar-refractivity contribution in [3.8, 4) is 5.69 Å². The molecule has 124 valence electrons. The van der Waals surface area contributed by atoms with Crippen LogP contribution in [0.5, 0.6) is 0 Å². The number of rotatable bonds is 3. The number of aliphatic hydroxyl groups excluding tert-OH is 1. The number of nitrogens with one attached hydrogen (secondary N) is 1. The Bertz CT molecular complexity index is 886. The summed E-state index contributed by atoms with van der Waals surface area (Å²) in [6.45, 7) is 1.86. The number of hydrogen-bond acceptors (Lipinski definition) is 3. The Kier molecular flexibility index (Phi) is 3.41. The maximum atomic E-state index is 12.5. The minimum atomic E-state index is -0.708. The van der Waals surface area contributed by atoms with Crippen molar-refractivity contribution in [3.05, 3.63) is 52.0 Å². The van der Waals surface area contributed by atoms with E-state index in [1.807, 2.05) is 6.92 Å². The molecule has 1 fully saturated rings. The molecular formula is C17H15Cl2N3O2. The summed E-state index contributed by atoms with van der Waals surface area (Å²) in [5.41, 5.74) is 0.713. The van der Waals surface area contributed by atoms with Crippen molar-refractivity contribution in [2.24, 2.45) is 5.92 Å². The predicted octanol–water partition coefficient (Wildman–Crippen LogP) is 3.75. The zero-order valence-electron chi connectivity index (χ0n) is 12.9. The maximum absolute atomic E-state index is 12.5. The lowest BCUT2D eigenvalue weighted by Gasteiger charge is -2.24. The molecule has 0 bridgehead atoms. The first-order chi connectivity index (χ1) is 11.4. The second kappa shape index (κ2) is 5.26. The van der Waals surface area contributed by atoms with Crippen LogP contribution in [0.1, 0.15) is 25.3 Å². The van der Waals surface area contributed by atoms with Crippen molar-refractivity contribution in [1.29, 1.82) is 0 Å². The second-order valence-corrected chi connectivity index (χ2v) is 7.27. The molecule has 1 atom stereocenters. The average Bonchev–Trinajstić information content (AvgIpc) is 3.27. The number of carbonyl (C=O) groups is 1. The molecule has 1 aromatic carbocycles. The van der Waals surface area contributed by atoms with E-state index in [-0.39, 0.29) is 23.2 Å². The monoisotopic (exact) mass is 363 g/mol. The van der Waals surface area contributed by atoms with E-state index < -0.39 is 5.54 Å². The molecule has 5 nitrogen and oxygen atoms in total.